The van der Waals surface area contributed by atoms with Gasteiger partial charge in [-0.15, -0.1) is 0 Å². The molecule has 0 heterocycles. The monoisotopic (exact) mass is 476 g/mol. The zero-order valence-electron chi connectivity index (χ0n) is 17.1. The van der Waals surface area contributed by atoms with E-state index in [9.17, 15) is 5.02 Å². The summed E-state index contributed by atoms with van der Waals surface area (Å²) in [6, 6.07) is 39.2. The van der Waals surface area contributed by atoms with Crippen molar-refractivity contribution in [1.82, 2.24) is 0 Å². The van der Waals surface area contributed by atoms with E-state index in [-0.39, 0.29) is 0 Å². The Morgan fingerprint density at radius 1 is 0.531 bits per heavy atom. The Hall–Kier alpha value is -2.29. The van der Waals surface area contributed by atoms with Gasteiger partial charge in [0.2, 0.25) is 3.60 Å². The predicted octanol–water partition coefficient (Wildman–Crippen LogP) is 7.05. The highest BCUT2D eigenvalue weighted by Crippen LogP contribution is 2.56. The van der Waals surface area contributed by atoms with Gasteiger partial charge in [0.05, 0.1) is 0 Å². The molecule has 160 valence electrons. The fourth-order valence-electron chi connectivity index (χ4n) is 2.80. The molecule has 0 fully saturated rings. The summed E-state index contributed by atoms with van der Waals surface area (Å²) in [6.07, 6.45) is 0. The smallest absolute Gasteiger partial charge is 0.512 e. The van der Waals surface area contributed by atoms with Crippen molar-refractivity contribution in [3.63, 3.8) is 0 Å². The molecule has 4 aromatic rings. The van der Waals surface area contributed by atoms with Crippen LogP contribution < -0.4 is 4.65 Å². The van der Waals surface area contributed by atoms with Gasteiger partial charge >= 0.3 is 7.32 Å². The van der Waals surface area contributed by atoms with Crippen LogP contribution in [-0.4, -0.2) is 15.9 Å². The summed E-state index contributed by atoms with van der Waals surface area (Å²) in [5.41, 5.74) is 0. The first-order valence-corrected chi connectivity index (χ1v) is 12.5. The Morgan fingerprint density at radius 3 is 1.25 bits per heavy atom. The van der Waals surface area contributed by atoms with E-state index in [1.165, 1.54) is 35.3 Å². The van der Waals surface area contributed by atoms with Crippen molar-refractivity contribution in [3.8, 4) is 5.75 Å². The topological polar surface area (TPSA) is 38.7 Å². The van der Waals surface area contributed by atoms with E-state index >= 15 is 0 Å². The van der Waals surface area contributed by atoms with Crippen molar-refractivity contribution < 1.29 is 14.3 Å². The normalized spacial score (nSPS) is 11.2. The third-order valence-electron chi connectivity index (χ3n) is 4.18. The minimum atomic E-state index is -1.46. The highest BCUT2D eigenvalue weighted by molar-refractivity contribution is 8.33. The Morgan fingerprint density at radius 2 is 0.875 bits per heavy atom. The molecular weight excluding hydrogens is 455 g/mol. The Balaban J connectivity index is 1.67. The zero-order chi connectivity index (χ0) is 22.1. The number of benzene rings is 4. The summed E-state index contributed by atoms with van der Waals surface area (Å²) in [6.45, 7) is 0. The third kappa shape index (κ3) is 6.86. The molecule has 0 amide bonds. The van der Waals surface area contributed by atoms with Crippen LogP contribution in [0.2, 0.25) is 0 Å². The quantitative estimate of drug-likeness (QED) is 0.150. The number of hydrogen-bond donors (Lipinski definition) is 1. The van der Waals surface area contributed by atoms with Gasteiger partial charge in [-0.3, -0.25) is 0 Å². The van der Waals surface area contributed by atoms with Gasteiger partial charge < -0.3 is 14.3 Å². The Kier molecular flexibility index (Phi) is 8.26. The van der Waals surface area contributed by atoms with Crippen LogP contribution in [0.3, 0.4) is 0 Å². The first-order chi connectivity index (χ1) is 15.7. The second kappa shape index (κ2) is 11.5. The lowest BCUT2D eigenvalue weighted by Crippen LogP contribution is -2.35. The summed E-state index contributed by atoms with van der Waals surface area (Å²) in [7, 11) is -1.46. The Bertz CT molecular complexity index is 969. The summed E-state index contributed by atoms with van der Waals surface area (Å²) in [5, 5.41) is 10.8. The summed E-state index contributed by atoms with van der Waals surface area (Å²) in [5.74, 6) is 0.535. The second-order valence-electron chi connectivity index (χ2n) is 6.60. The average Bonchev–Trinajstić information content (AvgIpc) is 2.81. The van der Waals surface area contributed by atoms with Crippen LogP contribution in [0.15, 0.2) is 136 Å². The summed E-state index contributed by atoms with van der Waals surface area (Å²) < 4.78 is 11.0. The molecule has 0 bridgehead atoms. The molecule has 4 rings (SSSR count). The number of hydrogen-bond acceptors (Lipinski definition) is 6. The van der Waals surface area contributed by atoms with Crippen molar-refractivity contribution in [3.05, 3.63) is 121 Å². The summed E-state index contributed by atoms with van der Waals surface area (Å²) >= 11 is 4.59. The average molecular weight is 476 g/mol. The lowest BCUT2D eigenvalue weighted by Gasteiger charge is -2.32. The molecule has 0 unspecified atom stereocenters. The van der Waals surface area contributed by atoms with Gasteiger partial charge in [-0.25, -0.2) is 0 Å². The van der Waals surface area contributed by atoms with Crippen LogP contribution >= 0.6 is 35.3 Å². The van der Waals surface area contributed by atoms with E-state index in [0.717, 1.165) is 14.7 Å². The molecule has 0 aliphatic heterocycles. The number of thioether (sulfide) groups is 3. The lowest BCUT2D eigenvalue weighted by atomic mass is 10.2. The summed E-state index contributed by atoms with van der Waals surface area (Å²) in [4.78, 5) is 3.06. The molecular formula is C25H21BO3S3. The molecule has 0 aliphatic carbocycles. The van der Waals surface area contributed by atoms with Crippen molar-refractivity contribution >= 4 is 42.6 Å². The fraction of sp³-hybridized carbons (Fsp3) is 0.0400. The second-order valence-corrected chi connectivity index (χ2v) is 11.1. The molecule has 0 saturated heterocycles. The first-order valence-electron chi connectivity index (χ1n) is 10.0. The highest BCUT2D eigenvalue weighted by Gasteiger charge is 2.41. The maximum atomic E-state index is 10.8. The molecule has 0 aromatic heterocycles. The molecule has 7 heteroatoms. The molecule has 1 N–H and O–H groups in total. The number of para-hydroxylation sites is 1. The van der Waals surface area contributed by atoms with Crippen molar-refractivity contribution in [2.24, 2.45) is 0 Å². The van der Waals surface area contributed by atoms with E-state index in [4.69, 9.17) is 9.31 Å². The van der Waals surface area contributed by atoms with Gasteiger partial charge in [0.15, 0.2) is 0 Å². The third-order valence-corrected chi connectivity index (χ3v) is 8.25. The van der Waals surface area contributed by atoms with E-state index in [2.05, 4.69) is 0 Å². The number of rotatable bonds is 10. The van der Waals surface area contributed by atoms with Crippen LogP contribution in [-0.2, 0) is 4.65 Å². The highest BCUT2D eigenvalue weighted by atomic mass is 32.3. The molecule has 0 aliphatic rings. The molecule has 32 heavy (non-hydrogen) atoms. The standard InChI is InChI=1S/C25H21BO3S3/c27-26(28-21-13-5-1-6-14-21)29-25(30-22-15-7-2-8-16-22,31-23-17-9-3-10-18-23)32-24-19-11-4-12-20-24/h1-20,27H. The largest absolute Gasteiger partial charge is 0.712 e. The Labute approximate surface area is 201 Å². The van der Waals surface area contributed by atoms with Gasteiger partial charge in [-0.2, -0.15) is 0 Å². The molecule has 0 radical (unpaired) electrons. The molecule has 4 aromatic carbocycles. The van der Waals surface area contributed by atoms with Crippen LogP contribution in [0, 0.1) is 0 Å². The van der Waals surface area contributed by atoms with Crippen LogP contribution in [0.5, 0.6) is 5.75 Å². The van der Waals surface area contributed by atoms with E-state index in [1.807, 2.05) is 109 Å². The van der Waals surface area contributed by atoms with Gasteiger partial charge in [-0.1, -0.05) is 108 Å². The molecule has 0 spiro atoms. The first kappa shape index (κ1) is 22.9. The minimum Gasteiger partial charge on any atom is -0.512 e. The van der Waals surface area contributed by atoms with Gasteiger partial charge in [0.1, 0.15) is 5.75 Å². The predicted molar refractivity (Wildman–Crippen MR) is 136 cm³/mol. The van der Waals surface area contributed by atoms with Gasteiger partial charge in [0, 0.05) is 14.7 Å². The maximum absolute atomic E-state index is 10.8. The van der Waals surface area contributed by atoms with E-state index in [1.54, 1.807) is 12.1 Å². The minimum absolute atomic E-state index is 0.535. The lowest BCUT2D eigenvalue weighted by molar-refractivity contribution is 0.202. The SMILES string of the molecule is OB(Oc1ccccc1)OC(Sc1ccccc1)(Sc1ccccc1)Sc1ccccc1. The van der Waals surface area contributed by atoms with Crippen molar-refractivity contribution in [1.29, 1.82) is 0 Å². The molecule has 0 saturated carbocycles. The van der Waals surface area contributed by atoms with Crippen molar-refractivity contribution in [2.75, 3.05) is 0 Å². The zero-order valence-corrected chi connectivity index (χ0v) is 19.6. The maximum Gasteiger partial charge on any atom is 0.712 e. The molecule has 3 nitrogen and oxygen atoms in total. The van der Waals surface area contributed by atoms with Crippen molar-refractivity contribution in [2.45, 2.75) is 18.3 Å². The fourth-order valence-corrected chi connectivity index (χ4v) is 7.17. The molecule has 0 atom stereocenters. The van der Waals surface area contributed by atoms with Gasteiger partial charge in [0.25, 0.3) is 0 Å². The van der Waals surface area contributed by atoms with E-state index < -0.39 is 10.9 Å². The van der Waals surface area contributed by atoms with Crippen LogP contribution in [0.25, 0.3) is 0 Å². The van der Waals surface area contributed by atoms with Crippen LogP contribution in [0.1, 0.15) is 0 Å². The van der Waals surface area contributed by atoms with Crippen LogP contribution in [0.4, 0.5) is 0 Å². The van der Waals surface area contributed by atoms with Gasteiger partial charge in [-0.05, 0) is 48.5 Å². The van der Waals surface area contributed by atoms with E-state index in [0.29, 0.717) is 5.75 Å².